The minimum absolute atomic E-state index is 0.0721. The molecule has 0 saturated heterocycles. The summed E-state index contributed by atoms with van der Waals surface area (Å²) in [5, 5.41) is 13.0. The normalized spacial score (nSPS) is 12.6. The third kappa shape index (κ3) is 6.84. The molecule has 0 aliphatic carbocycles. The summed E-state index contributed by atoms with van der Waals surface area (Å²) >= 11 is 15.1. The molecule has 1 amide bonds. The summed E-state index contributed by atoms with van der Waals surface area (Å²) in [6.45, 7) is -0.650. The van der Waals surface area contributed by atoms with Gasteiger partial charge in [-0.25, -0.2) is 8.42 Å². The molecule has 2 rings (SSSR count). The van der Waals surface area contributed by atoms with E-state index in [0.717, 1.165) is 8.78 Å². The van der Waals surface area contributed by atoms with E-state index < -0.39 is 28.6 Å². The van der Waals surface area contributed by atoms with Gasteiger partial charge in [0.05, 0.1) is 16.5 Å². The number of rotatable bonds is 9. The molecule has 0 aliphatic heterocycles. The van der Waals surface area contributed by atoms with Crippen LogP contribution in [0.15, 0.2) is 51.8 Å². The zero-order chi connectivity index (χ0) is 21.6. The van der Waals surface area contributed by atoms with Crippen molar-refractivity contribution in [3.63, 3.8) is 0 Å². The molecule has 2 aromatic rings. The number of ether oxygens (including phenoxy) is 1. The van der Waals surface area contributed by atoms with Crippen LogP contribution in [0.4, 0.5) is 0 Å². The number of sulfonamides is 1. The first-order valence-corrected chi connectivity index (χ1v) is 11.3. The van der Waals surface area contributed by atoms with Gasteiger partial charge in [0.15, 0.2) is 0 Å². The largest absolute Gasteiger partial charge is 0.489 e. The lowest BCUT2D eigenvalue weighted by atomic mass is 10.3. The highest BCUT2D eigenvalue weighted by Gasteiger charge is 2.23. The molecular weight excluding hydrogens is 507 g/mol. The number of nitrogens with zero attached hydrogens (tertiary/aromatic N) is 1. The van der Waals surface area contributed by atoms with Crippen LogP contribution >= 0.6 is 39.1 Å². The summed E-state index contributed by atoms with van der Waals surface area (Å²) < 4.78 is 32.0. The Hall–Kier alpha value is -1.36. The first-order chi connectivity index (χ1) is 13.6. The van der Waals surface area contributed by atoms with Crippen molar-refractivity contribution in [2.24, 2.45) is 0 Å². The topological polar surface area (TPSA) is 95.9 Å². The van der Waals surface area contributed by atoms with E-state index in [2.05, 4.69) is 21.2 Å². The van der Waals surface area contributed by atoms with Gasteiger partial charge in [-0.3, -0.25) is 4.79 Å². The number of carbonyl (C=O) groups is 1. The second-order valence-corrected chi connectivity index (χ2v) is 9.78. The van der Waals surface area contributed by atoms with Crippen molar-refractivity contribution in [3.8, 4) is 5.75 Å². The minimum Gasteiger partial charge on any atom is -0.489 e. The number of carbonyl (C=O) groups excluding carboxylic acids is 1. The number of nitrogens with one attached hydrogen (secondary N) is 1. The zero-order valence-electron chi connectivity index (χ0n) is 15.3. The monoisotopic (exact) mass is 524 g/mol. The molecule has 11 heteroatoms. The molecule has 0 fully saturated rings. The van der Waals surface area contributed by atoms with Crippen LogP contribution in [0.1, 0.15) is 0 Å². The average Bonchev–Trinajstić information content (AvgIpc) is 2.67. The van der Waals surface area contributed by atoms with E-state index in [9.17, 15) is 18.3 Å². The fourth-order valence-corrected chi connectivity index (χ4v) is 3.94. The quantitative estimate of drug-likeness (QED) is 0.524. The molecule has 1 atom stereocenters. The maximum absolute atomic E-state index is 12.5. The van der Waals surface area contributed by atoms with Gasteiger partial charge in [-0.05, 0) is 36.4 Å². The second-order valence-electron chi connectivity index (χ2n) is 6.04. The van der Waals surface area contributed by atoms with E-state index in [0.29, 0.717) is 10.8 Å². The van der Waals surface area contributed by atoms with E-state index in [4.69, 9.17) is 27.9 Å². The molecule has 0 aromatic heterocycles. The van der Waals surface area contributed by atoms with Gasteiger partial charge >= 0.3 is 0 Å². The van der Waals surface area contributed by atoms with Crippen LogP contribution in [0.5, 0.6) is 5.75 Å². The molecule has 7 nitrogen and oxygen atoms in total. The van der Waals surface area contributed by atoms with Crippen LogP contribution in [-0.2, 0) is 14.8 Å². The average molecular weight is 526 g/mol. The van der Waals surface area contributed by atoms with Gasteiger partial charge in [0.25, 0.3) is 0 Å². The lowest BCUT2D eigenvalue weighted by Crippen LogP contribution is -2.42. The van der Waals surface area contributed by atoms with Gasteiger partial charge in [0, 0.05) is 18.1 Å². The van der Waals surface area contributed by atoms with Crippen LogP contribution in [0.3, 0.4) is 0 Å². The summed E-state index contributed by atoms with van der Waals surface area (Å²) in [6, 6.07) is 10.9. The fraction of sp³-hybridized carbons (Fsp3) is 0.278. The van der Waals surface area contributed by atoms with Gasteiger partial charge < -0.3 is 15.2 Å². The highest BCUT2D eigenvalue weighted by Crippen LogP contribution is 2.31. The summed E-state index contributed by atoms with van der Waals surface area (Å²) in [4.78, 5) is 12.1. The van der Waals surface area contributed by atoms with Gasteiger partial charge in [0.1, 0.15) is 23.5 Å². The molecule has 0 aliphatic rings. The smallest absolute Gasteiger partial charge is 0.243 e. The maximum atomic E-state index is 12.5. The Bertz CT molecular complexity index is 957. The molecule has 1 unspecified atom stereocenters. The molecule has 2 N–H and O–H groups in total. The molecule has 0 spiro atoms. The summed E-state index contributed by atoms with van der Waals surface area (Å²) in [5.74, 6) is -0.252. The SMILES string of the molecule is CN(CC(=O)NCC(O)COc1cccc(Cl)c1Cl)S(=O)(=O)c1ccc(Br)cc1. The van der Waals surface area contributed by atoms with Crippen LogP contribution < -0.4 is 10.1 Å². The molecule has 0 bridgehead atoms. The first-order valence-electron chi connectivity index (χ1n) is 8.34. The molecule has 0 saturated carbocycles. The molecule has 158 valence electrons. The third-order valence-corrected chi connectivity index (χ3v) is 6.92. The number of halogens is 3. The maximum Gasteiger partial charge on any atom is 0.243 e. The lowest BCUT2D eigenvalue weighted by molar-refractivity contribution is -0.121. The van der Waals surface area contributed by atoms with E-state index in [1.54, 1.807) is 30.3 Å². The van der Waals surface area contributed by atoms with Crippen LogP contribution in [0.2, 0.25) is 10.0 Å². The lowest BCUT2D eigenvalue weighted by Gasteiger charge is -2.18. The number of hydrogen-bond acceptors (Lipinski definition) is 5. The van der Waals surface area contributed by atoms with E-state index in [1.165, 1.54) is 19.2 Å². The van der Waals surface area contributed by atoms with Gasteiger partial charge in [-0.2, -0.15) is 4.31 Å². The Morgan fingerprint density at radius 1 is 1.24 bits per heavy atom. The first kappa shape index (κ1) is 23.9. The van der Waals surface area contributed by atoms with E-state index >= 15 is 0 Å². The van der Waals surface area contributed by atoms with Crippen molar-refractivity contribution in [1.82, 2.24) is 9.62 Å². The van der Waals surface area contributed by atoms with Crippen molar-refractivity contribution in [2.75, 3.05) is 26.7 Å². The highest BCUT2D eigenvalue weighted by molar-refractivity contribution is 9.10. The zero-order valence-corrected chi connectivity index (χ0v) is 19.2. The predicted octanol–water partition coefficient (Wildman–Crippen LogP) is 2.93. The highest BCUT2D eigenvalue weighted by atomic mass is 79.9. The number of benzene rings is 2. The van der Waals surface area contributed by atoms with Crippen molar-refractivity contribution in [3.05, 3.63) is 57.0 Å². The summed E-state index contributed by atoms with van der Waals surface area (Å²) in [6.07, 6.45) is -1.03. The van der Waals surface area contributed by atoms with Crippen molar-refractivity contribution in [2.45, 2.75) is 11.0 Å². The standard InChI is InChI=1S/C18H19BrCl2N2O5S/c1-23(29(26,27)14-7-5-12(19)6-8-14)10-17(25)22-9-13(24)11-28-16-4-2-3-15(20)18(16)21/h2-8,13,24H,9-11H2,1H3,(H,22,25). The number of aliphatic hydroxyl groups excluding tert-OH is 1. The summed E-state index contributed by atoms with van der Waals surface area (Å²) in [5.41, 5.74) is 0. The Balaban J connectivity index is 1.82. The Labute approximate surface area is 187 Å². The molecular formula is C18H19BrCl2N2O5S. The second kappa shape index (κ2) is 10.6. The Kier molecular flexibility index (Phi) is 8.74. The number of amides is 1. The molecule has 0 radical (unpaired) electrons. The number of likely N-dealkylation sites (N-methyl/N-ethyl adjacent to an activating group) is 1. The molecule has 0 heterocycles. The van der Waals surface area contributed by atoms with Crippen LogP contribution in [0.25, 0.3) is 0 Å². The number of hydrogen-bond donors (Lipinski definition) is 2. The van der Waals surface area contributed by atoms with Gasteiger partial charge in [0.2, 0.25) is 15.9 Å². The number of aliphatic hydroxyl groups is 1. The van der Waals surface area contributed by atoms with Crippen molar-refractivity contribution >= 4 is 55.1 Å². The fourth-order valence-electron chi connectivity index (χ4n) is 2.20. The molecule has 2 aromatic carbocycles. The van der Waals surface area contributed by atoms with Crippen molar-refractivity contribution in [1.29, 1.82) is 0 Å². The van der Waals surface area contributed by atoms with E-state index in [1.807, 2.05) is 0 Å². The Morgan fingerprint density at radius 3 is 2.55 bits per heavy atom. The Morgan fingerprint density at radius 2 is 1.90 bits per heavy atom. The summed E-state index contributed by atoms with van der Waals surface area (Å²) in [7, 11) is -2.50. The molecule has 29 heavy (non-hydrogen) atoms. The predicted molar refractivity (Wildman–Crippen MR) is 115 cm³/mol. The van der Waals surface area contributed by atoms with Gasteiger partial charge in [-0.15, -0.1) is 0 Å². The minimum atomic E-state index is -3.81. The van der Waals surface area contributed by atoms with E-state index in [-0.39, 0.29) is 23.1 Å². The van der Waals surface area contributed by atoms with Crippen LogP contribution in [-0.4, -0.2) is 56.6 Å². The van der Waals surface area contributed by atoms with Gasteiger partial charge in [-0.1, -0.05) is 45.2 Å². The third-order valence-electron chi connectivity index (χ3n) is 3.77. The van der Waals surface area contributed by atoms with Crippen molar-refractivity contribution < 1.29 is 23.1 Å². The van der Waals surface area contributed by atoms with Crippen LogP contribution in [0, 0.1) is 0 Å².